The largest absolute Gasteiger partial charge is 0.387 e. The maximum absolute atomic E-state index is 10.0. The first-order chi connectivity index (χ1) is 8.65. The van der Waals surface area contributed by atoms with E-state index >= 15 is 0 Å². The average molecular weight is 290 g/mol. The molecule has 4 heteroatoms. The lowest BCUT2D eigenvalue weighted by molar-refractivity contribution is 0.159. The maximum atomic E-state index is 10.0. The van der Waals surface area contributed by atoms with Crippen LogP contribution in [0.5, 0.6) is 0 Å². The van der Waals surface area contributed by atoms with Crippen molar-refractivity contribution in [1.29, 1.82) is 0 Å². The molecule has 0 saturated carbocycles. The fraction of sp³-hybridized carbons (Fsp3) is 0.643. The predicted octanol–water partition coefficient (Wildman–Crippen LogP) is 5.17. The SMILES string of the molecule is CCCCCCCCC(O)c1ncc(Cl)cc1Cl. The van der Waals surface area contributed by atoms with Crippen LogP contribution in [0.2, 0.25) is 10.0 Å². The highest BCUT2D eigenvalue weighted by molar-refractivity contribution is 6.34. The minimum absolute atomic E-state index is 0.445. The first-order valence-electron chi connectivity index (χ1n) is 6.64. The Balaban J connectivity index is 2.29. The average Bonchev–Trinajstić information content (AvgIpc) is 2.33. The van der Waals surface area contributed by atoms with E-state index in [1.807, 2.05) is 0 Å². The molecule has 0 radical (unpaired) electrons. The molecule has 1 N–H and O–H groups in total. The van der Waals surface area contributed by atoms with Gasteiger partial charge in [-0.3, -0.25) is 4.98 Å². The first kappa shape index (κ1) is 15.7. The van der Waals surface area contributed by atoms with Crippen molar-refractivity contribution >= 4 is 23.2 Å². The number of aliphatic hydroxyl groups is 1. The van der Waals surface area contributed by atoms with Gasteiger partial charge in [-0.2, -0.15) is 0 Å². The fourth-order valence-electron chi connectivity index (χ4n) is 1.93. The topological polar surface area (TPSA) is 33.1 Å². The lowest BCUT2D eigenvalue weighted by Crippen LogP contribution is -2.01. The quantitative estimate of drug-likeness (QED) is 0.670. The fourth-order valence-corrected chi connectivity index (χ4v) is 2.43. The summed E-state index contributed by atoms with van der Waals surface area (Å²) in [5, 5.41) is 10.9. The van der Waals surface area contributed by atoms with Crippen LogP contribution in [-0.2, 0) is 0 Å². The Morgan fingerprint density at radius 1 is 1.17 bits per heavy atom. The molecule has 1 aromatic rings. The van der Waals surface area contributed by atoms with Gasteiger partial charge in [-0.1, -0.05) is 68.7 Å². The third-order valence-electron chi connectivity index (χ3n) is 2.98. The van der Waals surface area contributed by atoms with Crippen LogP contribution in [0, 0.1) is 0 Å². The van der Waals surface area contributed by atoms with Gasteiger partial charge < -0.3 is 5.11 Å². The van der Waals surface area contributed by atoms with Crippen LogP contribution in [0.1, 0.15) is 63.7 Å². The van der Waals surface area contributed by atoms with Gasteiger partial charge in [0.15, 0.2) is 0 Å². The van der Waals surface area contributed by atoms with Gasteiger partial charge in [0.25, 0.3) is 0 Å². The van der Waals surface area contributed by atoms with Crippen molar-refractivity contribution in [2.24, 2.45) is 0 Å². The summed E-state index contributed by atoms with van der Waals surface area (Å²) in [6, 6.07) is 1.62. The summed E-state index contributed by atoms with van der Waals surface area (Å²) in [5.41, 5.74) is 0.537. The molecule has 0 aliphatic carbocycles. The van der Waals surface area contributed by atoms with E-state index in [-0.39, 0.29) is 0 Å². The molecule has 1 heterocycles. The number of hydrogen-bond donors (Lipinski definition) is 1. The maximum Gasteiger partial charge on any atom is 0.0974 e. The third kappa shape index (κ3) is 5.55. The molecule has 1 aromatic heterocycles. The molecule has 0 saturated heterocycles. The van der Waals surface area contributed by atoms with Crippen LogP contribution < -0.4 is 0 Å². The van der Waals surface area contributed by atoms with Gasteiger partial charge in [0.1, 0.15) is 0 Å². The van der Waals surface area contributed by atoms with Crippen molar-refractivity contribution in [2.75, 3.05) is 0 Å². The van der Waals surface area contributed by atoms with E-state index in [9.17, 15) is 5.11 Å². The second kappa shape index (κ2) is 8.73. The van der Waals surface area contributed by atoms with E-state index in [2.05, 4.69) is 11.9 Å². The molecule has 0 aliphatic heterocycles. The molecular formula is C14H21Cl2NO. The molecule has 18 heavy (non-hydrogen) atoms. The van der Waals surface area contributed by atoms with Crippen LogP contribution in [0.3, 0.4) is 0 Å². The smallest absolute Gasteiger partial charge is 0.0974 e. The highest BCUT2D eigenvalue weighted by atomic mass is 35.5. The van der Waals surface area contributed by atoms with Gasteiger partial charge in [0.2, 0.25) is 0 Å². The standard InChI is InChI=1S/C14H21Cl2NO/c1-2-3-4-5-6-7-8-13(18)14-12(16)9-11(15)10-17-14/h9-10,13,18H,2-8H2,1H3. The second-order valence-electron chi connectivity index (χ2n) is 4.59. The molecule has 1 unspecified atom stereocenters. The van der Waals surface area contributed by atoms with E-state index in [0.29, 0.717) is 22.2 Å². The molecule has 0 amide bonds. The first-order valence-corrected chi connectivity index (χ1v) is 7.39. The summed E-state index contributed by atoms with van der Waals surface area (Å²) in [7, 11) is 0. The number of nitrogens with zero attached hydrogens (tertiary/aromatic N) is 1. The Labute approximate surface area is 119 Å². The van der Waals surface area contributed by atoms with Gasteiger partial charge >= 0.3 is 0 Å². The van der Waals surface area contributed by atoms with Crippen LogP contribution in [0.15, 0.2) is 12.3 Å². The van der Waals surface area contributed by atoms with E-state index < -0.39 is 6.10 Å². The predicted molar refractivity (Wildman–Crippen MR) is 77.2 cm³/mol. The number of unbranched alkanes of at least 4 members (excludes halogenated alkanes) is 5. The Morgan fingerprint density at radius 3 is 2.50 bits per heavy atom. The minimum Gasteiger partial charge on any atom is -0.387 e. The second-order valence-corrected chi connectivity index (χ2v) is 5.44. The number of rotatable bonds is 8. The van der Waals surface area contributed by atoms with Crippen molar-refractivity contribution in [3.8, 4) is 0 Å². The highest BCUT2D eigenvalue weighted by Crippen LogP contribution is 2.27. The van der Waals surface area contributed by atoms with Crippen molar-refractivity contribution in [1.82, 2.24) is 4.98 Å². The number of aromatic nitrogens is 1. The summed E-state index contributed by atoms with van der Waals surface area (Å²) in [4.78, 5) is 4.09. The Morgan fingerprint density at radius 2 is 1.83 bits per heavy atom. The van der Waals surface area contributed by atoms with E-state index in [4.69, 9.17) is 23.2 Å². The zero-order valence-corrected chi connectivity index (χ0v) is 12.3. The molecular weight excluding hydrogens is 269 g/mol. The van der Waals surface area contributed by atoms with Gasteiger partial charge in [0.05, 0.1) is 21.8 Å². The molecule has 102 valence electrons. The summed E-state index contributed by atoms with van der Waals surface area (Å²) < 4.78 is 0. The Kier molecular flexibility index (Phi) is 7.64. The summed E-state index contributed by atoms with van der Waals surface area (Å²) >= 11 is 11.8. The molecule has 1 rings (SSSR count). The van der Waals surface area contributed by atoms with Crippen LogP contribution in [0.25, 0.3) is 0 Å². The number of aliphatic hydroxyl groups excluding tert-OH is 1. The molecule has 0 spiro atoms. The molecule has 1 atom stereocenters. The van der Waals surface area contributed by atoms with E-state index in [0.717, 1.165) is 12.8 Å². The van der Waals surface area contributed by atoms with E-state index in [1.54, 1.807) is 6.07 Å². The number of halogens is 2. The van der Waals surface area contributed by atoms with Crippen molar-refractivity contribution < 1.29 is 5.11 Å². The number of pyridine rings is 1. The van der Waals surface area contributed by atoms with Gasteiger partial charge in [0, 0.05) is 6.20 Å². The van der Waals surface area contributed by atoms with Crippen molar-refractivity contribution in [2.45, 2.75) is 58.0 Å². The van der Waals surface area contributed by atoms with Crippen LogP contribution in [-0.4, -0.2) is 10.1 Å². The molecule has 0 aromatic carbocycles. The molecule has 0 fully saturated rings. The number of hydrogen-bond acceptors (Lipinski definition) is 2. The zero-order valence-electron chi connectivity index (χ0n) is 10.8. The lowest BCUT2D eigenvalue weighted by Gasteiger charge is -2.11. The van der Waals surface area contributed by atoms with Gasteiger partial charge in [-0.25, -0.2) is 0 Å². The summed E-state index contributed by atoms with van der Waals surface area (Å²) in [6.07, 6.45) is 8.89. The highest BCUT2D eigenvalue weighted by Gasteiger charge is 2.13. The zero-order chi connectivity index (χ0) is 13.4. The summed E-state index contributed by atoms with van der Waals surface area (Å²) in [5.74, 6) is 0. The van der Waals surface area contributed by atoms with Crippen molar-refractivity contribution in [3.05, 3.63) is 28.0 Å². The Bertz CT molecular complexity index is 358. The van der Waals surface area contributed by atoms with E-state index in [1.165, 1.54) is 31.9 Å². The monoisotopic (exact) mass is 289 g/mol. The normalized spacial score (nSPS) is 12.7. The van der Waals surface area contributed by atoms with Crippen LogP contribution >= 0.6 is 23.2 Å². The molecule has 2 nitrogen and oxygen atoms in total. The van der Waals surface area contributed by atoms with Gasteiger partial charge in [-0.05, 0) is 12.5 Å². The minimum atomic E-state index is -0.582. The van der Waals surface area contributed by atoms with Gasteiger partial charge in [-0.15, -0.1) is 0 Å². The van der Waals surface area contributed by atoms with Crippen LogP contribution in [0.4, 0.5) is 0 Å². The molecule has 0 aliphatic rings. The molecule has 0 bridgehead atoms. The third-order valence-corrected chi connectivity index (χ3v) is 3.49. The van der Waals surface area contributed by atoms with Crippen molar-refractivity contribution in [3.63, 3.8) is 0 Å². The Hall–Kier alpha value is -0.310. The summed E-state index contributed by atoms with van der Waals surface area (Å²) in [6.45, 7) is 2.21. The lowest BCUT2D eigenvalue weighted by atomic mass is 10.1.